The third kappa shape index (κ3) is 7.27. The number of anilines is 6. The lowest BCUT2D eigenvalue weighted by molar-refractivity contribution is -0.137. The zero-order chi connectivity index (χ0) is 46.6. The van der Waals surface area contributed by atoms with Crippen LogP contribution in [-0.4, -0.2) is 9.13 Å². The molecule has 0 aliphatic rings. The van der Waals surface area contributed by atoms with E-state index in [-0.39, 0.29) is 5.69 Å². The number of benzene rings is 10. The first-order chi connectivity index (χ1) is 33.8. The Hall–Kier alpha value is -8.81. The molecule has 0 unspecified atom stereocenters. The molecule has 0 amide bonds. The summed E-state index contributed by atoms with van der Waals surface area (Å²) in [6, 6.07) is 80.3. The Labute approximate surface area is 397 Å². The standard InChI is InChI=1S/C62H43F3N4/c1-42-30-31-43(38-58(42)68-56-28-16-14-26-51(56)53-35-33-49(40-59(53)68)66(45-18-6-2-7-19-45)46-20-8-3-9-21-46)44-32-37-55(62(63,64)65)61(39-44)69-57-29-17-15-27-52(57)54-36-34-50(41-60(54)69)67(47-22-10-4-11-23-47)48-24-12-5-13-25-48/h2-41H,1H3. The van der Waals surface area contributed by atoms with Crippen molar-refractivity contribution in [2.75, 3.05) is 9.80 Å². The van der Waals surface area contributed by atoms with E-state index in [1.165, 1.54) is 6.07 Å². The molecule has 4 nitrogen and oxygen atoms in total. The minimum atomic E-state index is -4.64. The number of para-hydroxylation sites is 6. The molecule has 0 N–H and O–H groups in total. The molecule has 7 heteroatoms. The van der Waals surface area contributed by atoms with Crippen LogP contribution >= 0.6 is 0 Å². The smallest absolute Gasteiger partial charge is 0.310 e. The molecular formula is C62H43F3N4. The average Bonchev–Trinajstić information content (AvgIpc) is 3.89. The van der Waals surface area contributed by atoms with Gasteiger partial charge in [0.15, 0.2) is 0 Å². The molecule has 0 spiro atoms. The van der Waals surface area contributed by atoms with Crippen LogP contribution in [0.15, 0.2) is 243 Å². The Bertz CT molecular complexity index is 3760. The van der Waals surface area contributed by atoms with Crippen LogP contribution in [0.1, 0.15) is 11.1 Å². The number of halogens is 3. The van der Waals surface area contributed by atoms with E-state index in [0.717, 1.165) is 83.5 Å². The predicted molar refractivity (Wildman–Crippen MR) is 280 cm³/mol. The lowest BCUT2D eigenvalue weighted by Gasteiger charge is -2.26. The van der Waals surface area contributed by atoms with Crippen molar-refractivity contribution in [1.29, 1.82) is 0 Å². The van der Waals surface area contributed by atoms with Gasteiger partial charge in [0, 0.05) is 61.4 Å². The van der Waals surface area contributed by atoms with E-state index < -0.39 is 11.7 Å². The van der Waals surface area contributed by atoms with E-state index in [4.69, 9.17) is 0 Å². The fraction of sp³-hybridized carbons (Fsp3) is 0.0323. The van der Waals surface area contributed by atoms with Crippen LogP contribution in [0, 0.1) is 6.92 Å². The summed E-state index contributed by atoms with van der Waals surface area (Å²) in [7, 11) is 0. The van der Waals surface area contributed by atoms with Gasteiger partial charge in [-0.2, -0.15) is 13.2 Å². The number of fused-ring (bicyclic) bond motifs is 6. The lowest BCUT2D eigenvalue weighted by Crippen LogP contribution is -2.12. The molecule has 0 aliphatic carbocycles. The van der Waals surface area contributed by atoms with E-state index >= 15 is 13.2 Å². The van der Waals surface area contributed by atoms with Crippen molar-refractivity contribution in [2.45, 2.75) is 13.1 Å². The predicted octanol–water partition coefficient (Wildman–Crippen LogP) is 17.8. The van der Waals surface area contributed by atoms with E-state index in [1.807, 2.05) is 146 Å². The molecule has 0 saturated carbocycles. The Morgan fingerprint density at radius 2 is 0.681 bits per heavy atom. The summed E-state index contributed by atoms with van der Waals surface area (Å²) in [5.74, 6) is 0. The third-order valence-corrected chi connectivity index (χ3v) is 13.2. The highest BCUT2D eigenvalue weighted by Gasteiger charge is 2.35. The molecule has 10 aromatic carbocycles. The number of alkyl halides is 3. The molecule has 0 bridgehead atoms. The van der Waals surface area contributed by atoms with E-state index in [0.29, 0.717) is 16.6 Å². The van der Waals surface area contributed by atoms with Crippen LogP contribution in [0.4, 0.5) is 47.3 Å². The Kier molecular flexibility index (Phi) is 10.1. The highest BCUT2D eigenvalue weighted by Crippen LogP contribution is 2.45. The zero-order valence-electron chi connectivity index (χ0n) is 37.5. The van der Waals surface area contributed by atoms with Crippen molar-refractivity contribution in [1.82, 2.24) is 9.13 Å². The van der Waals surface area contributed by atoms with Gasteiger partial charge in [-0.3, -0.25) is 0 Å². The van der Waals surface area contributed by atoms with E-state index in [2.05, 4.69) is 100 Å². The summed E-state index contributed by atoms with van der Waals surface area (Å²) < 4.78 is 50.6. The minimum Gasteiger partial charge on any atom is -0.310 e. The lowest BCUT2D eigenvalue weighted by atomic mass is 9.99. The fourth-order valence-electron chi connectivity index (χ4n) is 10.1. The van der Waals surface area contributed by atoms with Gasteiger partial charge in [-0.25, -0.2) is 0 Å². The zero-order valence-corrected chi connectivity index (χ0v) is 37.5. The average molecular weight is 901 g/mol. The van der Waals surface area contributed by atoms with E-state index in [1.54, 1.807) is 16.7 Å². The minimum absolute atomic E-state index is 0.0554. The van der Waals surface area contributed by atoms with Crippen molar-refractivity contribution in [3.8, 4) is 22.5 Å². The maximum Gasteiger partial charge on any atom is 0.418 e. The van der Waals surface area contributed by atoms with Crippen molar-refractivity contribution in [3.63, 3.8) is 0 Å². The molecule has 12 rings (SSSR count). The monoisotopic (exact) mass is 900 g/mol. The topological polar surface area (TPSA) is 16.3 Å². The Balaban J connectivity index is 1.05. The molecular weight excluding hydrogens is 858 g/mol. The molecule has 332 valence electrons. The molecule has 0 saturated heterocycles. The number of nitrogens with zero attached hydrogens (tertiary/aromatic N) is 4. The van der Waals surface area contributed by atoms with Gasteiger partial charge in [0.2, 0.25) is 0 Å². The first-order valence-corrected chi connectivity index (χ1v) is 23.0. The van der Waals surface area contributed by atoms with Crippen LogP contribution in [0.2, 0.25) is 0 Å². The fourth-order valence-corrected chi connectivity index (χ4v) is 10.1. The third-order valence-electron chi connectivity index (χ3n) is 13.2. The van der Waals surface area contributed by atoms with Crippen molar-refractivity contribution >= 4 is 77.7 Å². The second-order valence-corrected chi connectivity index (χ2v) is 17.4. The molecule has 0 radical (unpaired) electrons. The van der Waals surface area contributed by atoms with Crippen molar-refractivity contribution in [3.05, 3.63) is 254 Å². The molecule has 0 aliphatic heterocycles. The van der Waals surface area contributed by atoms with Crippen LogP contribution in [0.25, 0.3) is 66.1 Å². The van der Waals surface area contributed by atoms with Crippen LogP contribution < -0.4 is 9.80 Å². The van der Waals surface area contributed by atoms with Gasteiger partial charge in [0.1, 0.15) is 0 Å². The van der Waals surface area contributed by atoms with Crippen molar-refractivity contribution < 1.29 is 13.2 Å². The summed E-state index contributed by atoms with van der Waals surface area (Å²) in [5.41, 5.74) is 11.9. The molecule has 12 aromatic rings. The summed E-state index contributed by atoms with van der Waals surface area (Å²) in [6.45, 7) is 2.09. The highest BCUT2D eigenvalue weighted by atomic mass is 19.4. The Morgan fingerprint density at radius 3 is 1.12 bits per heavy atom. The molecule has 69 heavy (non-hydrogen) atoms. The molecule has 2 aromatic heterocycles. The van der Waals surface area contributed by atoms with Crippen LogP contribution in [-0.2, 0) is 6.18 Å². The molecule has 2 heterocycles. The second-order valence-electron chi connectivity index (χ2n) is 17.4. The normalized spacial score (nSPS) is 11.8. The maximum atomic E-state index is 15.5. The first kappa shape index (κ1) is 41.6. The van der Waals surface area contributed by atoms with Gasteiger partial charge in [-0.05, 0) is 127 Å². The largest absolute Gasteiger partial charge is 0.418 e. The van der Waals surface area contributed by atoms with Gasteiger partial charge in [-0.1, -0.05) is 140 Å². The van der Waals surface area contributed by atoms with Crippen LogP contribution in [0.5, 0.6) is 0 Å². The second kappa shape index (κ2) is 16.8. The number of hydrogen-bond donors (Lipinski definition) is 0. The number of hydrogen-bond acceptors (Lipinski definition) is 2. The highest BCUT2D eigenvalue weighted by molar-refractivity contribution is 6.12. The SMILES string of the molecule is Cc1ccc(-c2ccc(C(F)(F)F)c(-n3c4ccccc4c4ccc(N(c5ccccc5)c5ccccc5)cc43)c2)cc1-n1c2ccccc2c2ccc(N(c3ccccc3)c3ccccc3)cc21. The van der Waals surface area contributed by atoms with Gasteiger partial charge in [0.25, 0.3) is 0 Å². The Morgan fingerprint density at radius 1 is 0.319 bits per heavy atom. The van der Waals surface area contributed by atoms with Gasteiger partial charge in [-0.15, -0.1) is 0 Å². The van der Waals surface area contributed by atoms with Gasteiger partial charge < -0.3 is 18.9 Å². The first-order valence-electron chi connectivity index (χ1n) is 23.0. The van der Waals surface area contributed by atoms with Gasteiger partial charge >= 0.3 is 6.18 Å². The number of aromatic nitrogens is 2. The number of aryl methyl sites for hydroxylation is 1. The number of rotatable bonds is 9. The van der Waals surface area contributed by atoms with Gasteiger partial charge in [0.05, 0.1) is 33.3 Å². The molecule has 0 atom stereocenters. The van der Waals surface area contributed by atoms with E-state index in [9.17, 15) is 0 Å². The maximum absolute atomic E-state index is 15.5. The quantitative estimate of drug-likeness (QED) is 0.143. The van der Waals surface area contributed by atoms with Crippen LogP contribution in [0.3, 0.4) is 0 Å². The summed E-state index contributed by atoms with van der Waals surface area (Å²) >= 11 is 0. The summed E-state index contributed by atoms with van der Waals surface area (Å²) in [5, 5.41) is 3.93. The summed E-state index contributed by atoms with van der Waals surface area (Å²) in [4.78, 5) is 4.39. The summed E-state index contributed by atoms with van der Waals surface area (Å²) in [6.07, 6.45) is -4.64. The van der Waals surface area contributed by atoms with Crippen molar-refractivity contribution in [2.24, 2.45) is 0 Å². The molecule has 0 fully saturated rings.